The molecule has 1 aromatic heterocycles. The number of nitrogens with zero attached hydrogens (tertiary/aromatic N) is 3. The molecule has 9 nitrogen and oxygen atoms in total. The van der Waals surface area contributed by atoms with E-state index in [1.165, 1.54) is 11.8 Å². The third-order valence-corrected chi connectivity index (χ3v) is 5.51. The smallest absolute Gasteiger partial charge is 0.338 e. The molecule has 3 rings (SSSR count). The minimum atomic E-state index is -0.439. The number of amides is 2. The number of thioether (sulfide) groups is 1. The first-order valence-corrected chi connectivity index (χ1v) is 11.5. The normalized spacial score (nSPS) is 10.5. The molecule has 0 saturated heterocycles. The Bertz CT molecular complexity index is 1120. The molecule has 0 aliphatic heterocycles. The lowest BCUT2D eigenvalue weighted by atomic mass is 10.2. The molecule has 0 spiro atoms. The lowest BCUT2D eigenvalue weighted by Crippen LogP contribution is -2.24. The molecule has 0 unspecified atom stereocenters. The van der Waals surface area contributed by atoms with Gasteiger partial charge >= 0.3 is 5.97 Å². The Morgan fingerprint density at radius 3 is 2.48 bits per heavy atom. The molecule has 2 amide bonds. The fourth-order valence-corrected chi connectivity index (χ4v) is 3.81. The van der Waals surface area contributed by atoms with Crippen LogP contribution >= 0.6 is 11.8 Å². The van der Waals surface area contributed by atoms with Gasteiger partial charge in [0.25, 0.3) is 5.91 Å². The highest BCUT2D eigenvalue weighted by Gasteiger charge is 2.15. The van der Waals surface area contributed by atoms with E-state index < -0.39 is 5.97 Å². The van der Waals surface area contributed by atoms with E-state index in [1.807, 2.05) is 17.6 Å². The second kappa shape index (κ2) is 11.8. The van der Waals surface area contributed by atoms with Gasteiger partial charge in [-0.2, -0.15) is 0 Å². The predicted octanol–water partition coefficient (Wildman–Crippen LogP) is 3.14. The maximum atomic E-state index is 12.4. The number of hydrogen-bond acceptors (Lipinski definition) is 7. The van der Waals surface area contributed by atoms with Gasteiger partial charge in [-0.1, -0.05) is 36.0 Å². The SMILES string of the molecule is CCOC(=O)c1cccc(NC(=O)CSc2nnc(CNC(=O)c3ccccc3)n2CC)c1. The van der Waals surface area contributed by atoms with E-state index in [4.69, 9.17) is 4.74 Å². The fraction of sp³-hybridized carbons (Fsp3) is 0.261. The van der Waals surface area contributed by atoms with E-state index >= 15 is 0 Å². The second-order valence-electron chi connectivity index (χ2n) is 6.83. The maximum Gasteiger partial charge on any atom is 0.338 e. The summed E-state index contributed by atoms with van der Waals surface area (Å²) in [7, 11) is 0. The summed E-state index contributed by atoms with van der Waals surface area (Å²) < 4.78 is 6.83. The Morgan fingerprint density at radius 1 is 1.00 bits per heavy atom. The summed E-state index contributed by atoms with van der Waals surface area (Å²) in [6, 6.07) is 15.5. The van der Waals surface area contributed by atoms with Crippen LogP contribution in [0.3, 0.4) is 0 Å². The van der Waals surface area contributed by atoms with Crippen molar-refractivity contribution in [3.8, 4) is 0 Å². The Labute approximate surface area is 195 Å². The molecule has 0 fully saturated rings. The Balaban J connectivity index is 1.55. The van der Waals surface area contributed by atoms with Crippen molar-refractivity contribution >= 4 is 35.2 Å². The summed E-state index contributed by atoms with van der Waals surface area (Å²) in [5.41, 5.74) is 1.45. The highest BCUT2D eigenvalue weighted by atomic mass is 32.2. The van der Waals surface area contributed by atoms with Gasteiger partial charge in [-0.3, -0.25) is 9.59 Å². The van der Waals surface area contributed by atoms with Crippen molar-refractivity contribution in [2.24, 2.45) is 0 Å². The van der Waals surface area contributed by atoms with Gasteiger partial charge in [-0.15, -0.1) is 10.2 Å². The summed E-state index contributed by atoms with van der Waals surface area (Å²) in [6.07, 6.45) is 0. The molecule has 33 heavy (non-hydrogen) atoms. The molecule has 172 valence electrons. The van der Waals surface area contributed by atoms with E-state index in [1.54, 1.807) is 55.5 Å². The summed E-state index contributed by atoms with van der Waals surface area (Å²) in [6.45, 7) is 4.77. The van der Waals surface area contributed by atoms with Crippen LogP contribution in [-0.4, -0.2) is 44.9 Å². The van der Waals surface area contributed by atoms with Gasteiger partial charge in [0.05, 0.1) is 24.5 Å². The summed E-state index contributed by atoms with van der Waals surface area (Å²) in [4.78, 5) is 36.5. The first-order chi connectivity index (χ1) is 16.0. The van der Waals surface area contributed by atoms with Crippen LogP contribution < -0.4 is 10.6 Å². The van der Waals surface area contributed by atoms with Crippen molar-refractivity contribution < 1.29 is 19.1 Å². The monoisotopic (exact) mass is 467 g/mol. The van der Waals surface area contributed by atoms with E-state index in [-0.39, 0.29) is 30.7 Å². The van der Waals surface area contributed by atoms with Crippen molar-refractivity contribution in [2.75, 3.05) is 17.7 Å². The Morgan fingerprint density at radius 2 is 1.76 bits per heavy atom. The van der Waals surface area contributed by atoms with Gasteiger partial charge in [-0.05, 0) is 44.2 Å². The van der Waals surface area contributed by atoms with E-state index in [9.17, 15) is 14.4 Å². The van der Waals surface area contributed by atoms with Gasteiger partial charge in [0.1, 0.15) is 0 Å². The van der Waals surface area contributed by atoms with Crippen LogP contribution in [0, 0.1) is 0 Å². The topological polar surface area (TPSA) is 115 Å². The minimum Gasteiger partial charge on any atom is -0.462 e. The van der Waals surface area contributed by atoms with Crippen LogP contribution in [0.4, 0.5) is 5.69 Å². The van der Waals surface area contributed by atoms with Crippen molar-refractivity contribution in [1.82, 2.24) is 20.1 Å². The zero-order chi connectivity index (χ0) is 23.6. The average molecular weight is 468 g/mol. The molecule has 0 saturated carbocycles. The van der Waals surface area contributed by atoms with Crippen molar-refractivity contribution in [1.29, 1.82) is 0 Å². The number of carbonyl (C=O) groups excluding carboxylic acids is 3. The number of hydrogen-bond donors (Lipinski definition) is 2. The van der Waals surface area contributed by atoms with Crippen LogP contribution in [0.5, 0.6) is 0 Å². The number of benzene rings is 2. The maximum absolute atomic E-state index is 12.4. The first kappa shape index (κ1) is 24.0. The number of carbonyl (C=O) groups is 3. The number of ether oxygens (including phenoxy) is 1. The third kappa shape index (κ3) is 6.66. The van der Waals surface area contributed by atoms with Gasteiger partial charge in [-0.25, -0.2) is 4.79 Å². The molecule has 10 heteroatoms. The van der Waals surface area contributed by atoms with Gasteiger partial charge in [0.15, 0.2) is 11.0 Å². The molecular formula is C23H25N5O4S. The standard InChI is InChI=1S/C23H25N5O4S/c1-3-28-19(14-24-21(30)16-9-6-5-7-10-16)26-27-23(28)33-15-20(29)25-18-12-8-11-17(13-18)22(31)32-4-2/h5-13H,3-4,14-15H2,1-2H3,(H,24,30)(H,25,29). The number of anilines is 1. The van der Waals surface area contributed by atoms with Crippen LogP contribution in [0.25, 0.3) is 0 Å². The lowest BCUT2D eigenvalue weighted by Gasteiger charge is -2.09. The largest absolute Gasteiger partial charge is 0.462 e. The molecule has 2 aromatic carbocycles. The summed E-state index contributed by atoms with van der Waals surface area (Å²) in [5, 5.41) is 14.5. The van der Waals surface area contributed by atoms with Gasteiger partial charge < -0.3 is 19.9 Å². The van der Waals surface area contributed by atoms with E-state index in [0.717, 1.165) is 0 Å². The lowest BCUT2D eigenvalue weighted by molar-refractivity contribution is -0.113. The number of esters is 1. The van der Waals surface area contributed by atoms with Crippen LogP contribution in [0.1, 0.15) is 40.4 Å². The predicted molar refractivity (Wildman–Crippen MR) is 125 cm³/mol. The summed E-state index contributed by atoms with van der Waals surface area (Å²) in [5.74, 6) is -0.166. The molecule has 0 radical (unpaired) electrons. The zero-order valence-electron chi connectivity index (χ0n) is 18.4. The first-order valence-electron chi connectivity index (χ1n) is 10.5. The van der Waals surface area contributed by atoms with Crippen molar-refractivity contribution in [3.63, 3.8) is 0 Å². The van der Waals surface area contributed by atoms with E-state index in [2.05, 4.69) is 20.8 Å². The third-order valence-electron chi connectivity index (χ3n) is 4.54. The quantitative estimate of drug-likeness (QED) is 0.348. The number of aromatic nitrogens is 3. The van der Waals surface area contributed by atoms with Crippen LogP contribution in [0.15, 0.2) is 59.8 Å². The molecule has 2 N–H and O–H groups in total. The van der Waals surface area contributed by atoms with Gasteiger partial charge in [0.2, 0.25) is 5.91 Å². The summed E-state index contributed by atoms with van der Waals surface area (Å²) >= 11 is 1.24. The molecular weight excluding hydrogens is 442 g/mol. The highest BCUT2D eigenvalue weighted by Crippen LogP contribution is 2.18. The van der Waals surface area contributed by atoms with E-state index in [0.29, 0.717) is 34.3 Å². The Kier molecular flexibility index (Phi) is 8.59. The molecule has 1 heterocycles. The minimum absolute atomic E-state index is 0.109. The molecule has 3 aromatic rings. The van der Waals surface area contributed by atoms with Crippen molar-refractivity contribution in [2.45, 2.75) is 32.1 Å². The number of rotatable bonds is 10. The molecule has 0 aliphatic carbocycles. The van der Waals surface area contributed by atoms with Gasteiger partial charge in [0, 0.05) is 17.8 Å². The Hall–Kier alpha value is -3.66. The van der Waals surface area contributed by atoms with Crippen molar-refractivity contribution in [3.05, 3.63) is 71.5 Å². The highest BCUT2D eigenvalue weighted by molar-refractivity contribution is 7.99. The fourth-order valence-electron chi connectivity index (χ4n) is 2.99. The van der Waals surface area contributed by atoms with Crippen LogP contribution in [-0.2, 0) is 22.6 Å². The molecule has 0 atom stereocenters. The molecule has 0 aliphatic rings. The molecule has 0 bridgehead atoms. The average Bonchev–Trinajstić information content (AvgIpc) is 3.23. The zero-order valence-corrected chi connectivity index (χ0v) is 19.2. The van der Waals surface area contributed by atoms with Crippen LogP contribution in [0.2, 0.25) is 0 Å². The second-order valence-corrected chi connectivity index (χ2v) is 7.77. The number of nitrogens with one attached hydrogen (secondary N) is 2.